The Labute approximate surface area is 199 Å². The number of hydrogen-bond acceptors (Lipinski definition) is 3. The van der Waals surface area contributed by atoms with Gasteiger partial charge in [-0.25, -0.2) is 4.90 Å². The third-order valence-corrected chi connectivity index (χ3v) is 7.08. The van der Waals surface area contributed by atoms with E-state index >= 15 is 0 Å². The van der Waals surface area contributed by atoms with Gasteiger partial charge in [0.15, 0.2) is 0 Å². The van der Waals surface area contributed by atoms with Crippen LogP contribution < -0.4 is 10.2 Å². The van der Waals surface area contributed by atoms with Gasteiger partial charge < -0.3 is 5.32 Å². The van der Waals surface area contributed by atoms with Crippen LogP contribution in [0.3, 0.4) is 0 Å². The number of benzene rings is 3. The number of hydrogen-bond donors (Lipinski definition) is 1. The van der Waals surface area contributed by atoms with E-state index in [2.05, 4.69) is 26.1 Å². The number of amides is 3. The summed E-state index contributed by atoms with van der Waals surface area (Å²) in [6.45, 7) is 6.18. The van der Waals surface area contributed by atoms with Gasteiger partial charge in [0.1, 0.15) is 0 Å². The highest BCUT2D eigenvalue weighted by molar-refractivity contribution is 6.24. The van der Waals surface area contributed by atoms with Crippen LogP contribution in [0.5, 0.6) is 0 Å². The van der Waals surface area contributed by atoms with Crippen LogP contribution in [0.25, 0.3) is 0 Å². The number of nitrogens with one attached hydrogen (secondary N) is 1. The Balaban J connectivity index is 1.65. The van der Waals surface area contributed by atoms with Crippen LogP contribution in [-0.4, -0.2) is 17.7 Å². The minimum Gasteiger partial charge on any atom is -0.325 e. The molecule has 0 spiro atoms. The summed E-state index contributed by atoms with van der Waals surface area (Å²) in [6, 6.07) is 24.8. The number of imide groups is 1. The van der Waals surface area contributed by atoms with Crippen molar-refractivity contribution in [1.82, 2.24) is 0 Å². The molecule has 5 nitrogen and oxygen atoms in total. The summed E-state index contributed by atoms with van der Waals surface area (Å²) in [6.07, 6.45) is 0.334. The van der Waals surface area contributed by atoms with Crippen molar-refractivity contribution in [2.75, 3.05) is 10.2 Å². The first kappa shape index (κ1) is 22.1. The summed E-state index contributed by atoms with van der Waals surface area (Å²) in [5.41, 5.74) is 2.55. The number of para-hydroxylation sites is 2. The van der Waals surface area contributed by atoms with Gasteiger partial charge in [0.2, 0.25) is 17.7 Å². The van der Waals surface area contributed by atoms with Gasteiger partial charge in [-0.1, -0.05) is 87.5 Å². The lowest BCUT2D eigenvalue weighted by atomic mass is 9.66. The molecule has 3 aromatic carbocycles. The van der Waals surface area contributed by atoms with Gasteiger partial charge in [-0.15, -0.1) is 0 Å². The monoisotopic (exact) mass is 452 g/mol. The minimum absolute atomic E-state index is 0.00804. The molecule has 0 unspecified atom stereocenters. The van der Waals surface area contributed by atoms with Gasteiger partial charge in [0, 0.05) is 12.1 Å². The molecule has 0 aliphatic carbocycles. The Morgan fingerprint density at radius 2 is 1.53 bits per heavy atom. The molecular weight excluding hydrogens is 424 g/mol. The van der Waals surface area contributed by atoms with E-state index in [0.29, 0.717) is 17.8 Å². The van der Waals surface area contributed by atoms with Crippen molar-refractivity contribution in [2.24, 2.45) is 5.92 Å². The second-order valence-electron chi connectivity index (χ2n) is 10.2. The number of carbonyl (C=O) groups excluding carboxylic acids is 3. The lowest BCUT2D eigenvalue weighted by molar-refractivity contribution is -0.130. The zero-order valence-electron chi connectivity index (χ0n) is 19.7. The van der Waals surface area contributed by atoms with Gasteiger partial charge >= 0.3 is 0 Å². The normalized spacial score (nSPS) is 22.1. The van der Waals surface area contributed by atoms with Crippen molar-refractivity contribution in [2.45, 2.75) is 44.4 Å². The number of fused-ring (bicyclic) bond motifs is 1. The van der Waals surface area contributed by atoms with Crippen molar-refractivity contribution in [3.05, 3.63) is 95.6 Å². The van der Waals surface area contributed by atoms with Crippen LogP contribution in [0.15, 0.2) is 78.9 Å². The molecule has 0 saturated carbocycles. The van der Waals surface area contributed by atoms with Crippen LogP contribution in [-0.2, 0) is 31.6 Å². The first-order valence-electron chi connectivity index (χ1n) is 11.6. The van der Waals surface area contributed by atoms with E-state index in [1.54, 1.807) is 0 Å². The third kappa shape index (κ3) is 3.35. The number of rotatable bonds is 4. The average molecular weight is 453 g/mol. The Kier molecular flexibility index (Phi) is 5.16. The molecule has 5 heteroatoms. The second kappa shape index (κ2) is 7.94. The Morgan fingerprint density at radius 1 is 0.882 bits per heavy atom. The van der Waals surface area contributed by atoms with E-state index in [0.717, 1.165) is 16.7 Å². The molecule has 2 heterocycles. The fourth-order valence-corrected chi connectivity index (χ4v) is 5.47. The topological polar surface area (TPSA) is 66.5 Å². The van der Waals surface area contributed by atoms with E-state index < -0.39 is 11.3 Å². The summed E-state index contributed by atoms with van der Waals surface area (Å²) >= 11 is 0. The maximum absolute atomic E-state index is 14.1. The summed E-state index contributed by atoms with van der Waals surface area (Å²) < 4.78 is 0. The van der Waals surface area contributed by atoms with Crippen LogP contribution in [0.4, 0.5) is 11.4 Å². The molecule has 0 bridgehead atoms. The van der Waals surface area contributed by atoms with Gasteiger partial charge in [-0.3, -0.25) is 14.4 Å². The van der Waals surface area contributed by atoms with Gasteiger partial charge in [-0.2, -0.15) is 0 Å². The van der Waals surface area contributed by atoms with Gasteiger partial charge in [0.25, 0.3) is 0 Å². The highest BCUT2D eigenvalue weighted by atomic mass is 16.2. The molecule has 172 valence electrons. The van der Waals surface area contributed by atoms with Crippen LogP contribution in [0.1, 0.15) is 43.9 Å². The summed E-state index contributed by atoms with van der Waals surface area (Å²) in [4.78, 5) is 42.5. The summed E-state index contributed by atoms with van der Waals surface area (Å²) in [7, 11) is 0. The minimum atomic E-state index is -1.16. The van der Waals surface area contributed by atoms with Crippen LogP contribution >= 0.6 is 0 Å². The predicted octanol–water partition coefficient (Wildman–Crippen LogP) is 5.00. The molecule has 1 saturated heterocycles. The van der Waals surface area contributed by atoms with Crippen molar-refractivity contribution >= 4 is 29.1 Å². The second-order valence-corrected chi connectivity index (χ2v) is 10.2. The first-order valence-corrected chi connectivity index (χ1v) is 11.6. The number of nitrogens with zero attached hydrogens (tertiary/aromatic N) is 1. The smallest absolute Gasteiger partial charge is 0.238 e. The number of carbonyl (C=O) groups is 3. The first-order chi connectivity index (χ1) is 16.2. The van der Waals surface area contributed by atoms with Gasteiger partial charge in [0.05, 0.1) is 17.0 Å². The zero-order chi connectivity index (χ0) is 24.1. The van der Waals surface area contributed by atoms with Crippen molar-refractivity contribution in [3.8, 4) is 0 Å². The highest BCUT2D eigenvalue weighted by Crippen LogP contribution is 2.50. The fourth-order valence-electron chi connectivity index (χ4n) is 5.47. The molecule has 34 heavy (non-hydrogen) atoms. The van der Waals surface area contributed by atoms with E-state index in [1.165, 1.54) is 4.90 Å². The van der Waals surface area contributed by atoms with Crippen LogP contribution in [0, 0.1) is 5.92 Å². The highest BCUT2D eigenvalue weighted by Gasteiger charge is 2.59. The van der Waals surface area contributed by atoms with E-state index in [1.807, 2.05) is 78.9 Å². The van der Waals surface area contributed by atoms with Crippen LogP contribution in [0.2, 0.25) is 0 Å². The maximum atomic E-state index is 14.1. The average Bonchev–Trinajstić information content (AvgIpc) is 3.27. The molecule has 2 aliphatic heterocycles. The lowest BCUT2D eigenvalue weighted by Crippen LogP contribution is -2.47. The molecule has 3 amide bonds. The summed E-state index contributed by atoms with van der Waals surface area (Å²) in [5.74, 6) is -1.60. The van der Waals surface area contributed by atoms with Crippen molar-refractivity contribution in [1.29, 1.82) is 0 Å². The molecule has 1 fully saturated rings. The van der Waals surface area contributed by atoms with E-state index in [9.17, 15) is 14.4 Å². The van der Waals surface area contributed by atoms with Gasteiger partial charge in [-0.05, 0) is 40.7 Å². The summed E-state index contributed by atoms with van der Waals surface area (Å²) in [5, 5.41) is 2.99. The lowest BCUT2D eigenvalue weighted by Gasteiger charge is -2.33. The molecule has 0 radical (unpaired) electrons. The maximum Gasteiger partial charge on any atom is 0.238 e. The SMILES string of the molecule is CC(C)(C)c1ccccc1N1C(=O)C[C@H]([C@@]2(Cc3ccccc3)C(=O)Nc3ccccc32)C1=O. The Bertz CT molecular complexity index is 1290. The third-order valence-electron chi connectivity index (χ3n) is 7.08. The van der Waals surface area contributed by atoms with E-state index in [4.69, 9.17) is 0 Å². The van der Waals surface area contributed by atoms with Crippen molar-refractivity contribution in [3.63, 3.8) is 0 Å². The Morgan fingerprint density at radius 3 is 2.26 bits per heavy atom. The zero-order valence-corrected chi connectivity index (χ0v) is 19.7. The predicted molar refractivity (Wildman–Crippen MR) is 133 cm³/mol. The Hall–Kier alpha value is -3.73. The number of anilines is 2. The van der Waals surface area contributed by atoms with Crippen molar-refractivity contribution < 1.29 is 14.4 Å². The molecule has 1 N–H and O–H groups in total. The fraction of sp³-hybridized carbons (Fsp3) is 0.276. The molecular formula is C29H28N2O3. The molecule has 5 rings (SSSR count). The standard InChI is InChI=1S/C29H28N2O3/c1-28(2,3)21-14-8-10-16-24(21)31-25(32)17-22(26(31)33)29(18-19-11-5-4-6-12-19)20-13-7-9-15-23(20)30-27(29)34/h4-16,22H,17-18H2,1-3H3,(H,30,34)/t22-,29-/m0/s1. The molecule has 2 atom stereocenters. The van der Waals surface area contributed by atoms with E-state index in [-0.39, 0.29) is 29.6 Å². The molecule has 3 aromatic rings. The molecule has 0 aromatic heterocycles. The molecule has 2 aliphatic rings. The largest absolute Gasteiger partial charge is 0.325 e. The quantitative estimate of drug-likeness (QED) is 0.567.